The molecule has 2 rings (SSSR count). The van der Waals surface area contributed by atoms with E-state index in [1.807, 2.05) is 24.3 Å². The minimum Gasteiger partial charge on any atom is -0.384 e. The summed E-state index contributed by atoms with van der Waals surface area (Å²) in [5.74, 6) is 0. The van der Waals surface area contributed by atoms with Crippen molar-refractivity contribution in [1.29, 1.82) is 0 Å². The van der Waals surface area contributed by atoms with E-state index in [0.717, 1.165) is 28.6 Å². The Balaban J connectivity index is 2.10. The van der Waals surface area contributed by atoms with Gasteiger partial charge in [-0.25, -0.2) is 0 Å². The summed E-state index contributed by atoms with van der Waals surface area (Å²) in [6.45, 7) is 0.748. The lowest BCUT2D eigenvalue weighted by atomic mass is 9.98. The topological polar surface area (TPSA) is 35.2 Å². The number of halogens is 1. The molecular formula is C16H18BrNO. The van der Waals surface area contributed by atoms with Crippen LogP contribution in [0.2, 0.25) is 0 Å². The molecule has 0 heterocycles. The van der Waals surface area contributed by atoms with Crippen LogP contribution in [-0.2, 0) is 11.2 Å². The van der Waals surface area contributed by atoms with Gasteiger partial charge in [0.05, 0.1) is 12.6 Å². The number of hydrogen-bond acceptors (Lipinski definition) is 2. The molecule has 2 aromatic carbocycles. The smallest absolute Gasteiger partial charge is 0.0551 e. The lowest BCUT2D eigenvalue weighted by Gasteiger charge is -2.13. The maximum Gasteiger partial charge on any atom is 0.0551 e. The van der Waals surface area contributed by atoms with Gasteiger partial charge >= 0.3 is 0 Å². The largest absolute Gasteiger partial charge is 0.384 e. The van der Waals surface area contributed by atoms with Gasteiger partial charge in [0.25, 0.3) is 0 Å². The van der Waals surface area contributed by atoms with E-state index < -0.39 is 0 Å². The highest BCUT2D eigenvalue weighted by Crippen LogP contribution is 2.21. The second kappa shape index (κ2) is 6.85. The zero-order chi connectivity index (χ0) is 13.7. The third-order valence-electron chi connectivity index (χ3n) is 3.16. The second-order valence-electron chi connectivity index (χ2n) is 4.51. The van der Waals surface area contributed by atoms with Gasteiger partial charge in [0.15, 0.2) is 0 Å². The lowest BCUT2D eigenvalue weighted by Crippen LogP contribution is -2.11. The molecular weight excluding hydrogens is 302 g/mol. The van der Waals surface area contributed by atoms with Crippen LogP contribution in [0.25, 0.3) is 0 Å². The van der Waals surface area contributed by atoms with E-state index in [9.17, 15) is 0 Å². The number of nitrogens with two attached hydrogens (primary N) is 1. The highest BCUT2D eigenvalue weighted by atomic mass is 79.9. The standard InChI is InChI=1S/C16H18BrNO/c1-19-11-10-12-2-4-13(5-3-12)16(18)14-6-8-15(17)9-7-14/h2-9,16H,10-11,18H2,1H3. The van der Waals surface area contributed by atoms with Gasteiger partial charge in [0.2, 0.25) is 0 Å². The van der Waals surface area contributed by atoms with E-state index in [1.165, 1.54) is 5.56 Å². The van der Waals surface area contributed by atoms with Gasteiger partial charge in [0.1, 0.15) is 0 Å². The molecule has 0 fully saturated rings. The molecule has 100 valence electrons. The van der Waals surface area contributed by atoms with Crippen LogP contribution in [-0.4, -0.2) is 13.7 Å². The summed E-state index contributed by atoms with van der Waals surface area (Å²) in [5, 5.41) is 0. The maximum absolute atomic E-state index is 6.28. The lowest BCUT2D eigenvalue weighted by molar-refractivity contribution is 0.202. The van der Waals surface area contributed by atoms with E-state index in [0.29, 0.717) is 0 Å². The number of hydrogen-bond donors (Lipinski definition) is 1. The molecule has 2 aromatic rings. The molecule has 0 radical (unpaired) electrons. The molecule has 0 bridgehead atoms. The Morgan fingerprint density at radius 1 is 1.00 bits per heavy atom. The third-order valence-corrected chi connectivity index (χ3v) is 3.69. The van der Waals surface area contributed by atoms with Crippen molar-refractivity contribution >= 4 is 15.9 Å². The van der Waals surface area contributed by atoms with Crippen molar-refractivity contribution in [2.45, 2.75) is 12.5 Å². The Morgan fingerprint density at radius 2 is 1.53 bits per heavy atom. The van der Waals surface area contributed by atoms with E-state index >= 15 is 0 Å². The summed E-state index contributed by atoms with van der Waals surface area (Å²) in [5.41, 5.74) is 9.80. The number of methoxy groups -OCH3 is 1. The van der Waals surface area contributed by atoms with Gasteiger partial charge < -0.3 is 10.5 Å². The minimum absolute atomic E-state index is 0.0791. The van der Waals surface area contributed by atoms with E-state index in [-0.39, 0.29) is 6.04 Å². The van der Waals surface area contributed by atoms with Gasteiger partial charge in [-0.15, -0.1) is 0 Å². The summed E-state index contributed by atoms with van der Waals surface area (Å²) in [4.78, 5) is 0. The van der Waals surface area contributed by atoms with Crippen molar-refractivity contribution in [3.8, 4) is 0 Å². The van der Waals surface area contributed by atoms with Crippen LogP contribution in [0.3, 0.4) is 0 Å². The first-order valence-corrected chi connectivity index (χ1v) is 7.09. The first kappa shape index (κ1) is 14.3. The molecule has 1 unspecified atom stereocenters. The molecule has 1 atom stereocenters. The van der Waals surface area contributed by atoms with E-state index in [1.54, 1.807) is 7.11 Å². The maximum atomic E-state index is 6.28. The highest BCUT2D eigenvalue weighted by Gasteiger charge is 2.08. The quantitative estimate of drug-likeness (QED) is 0.912. The van der Waals surface area contributed by atoms with Gasteiger partial charge in [-0.2, -0.15) is 0 Å². The Hall–Kier alpha value is -1.16. The fraction of sp³-hybridized carbons (Fsp3) is 0.250. The molecule has 3 heteroatoms. The first-order valence-electron chi connectivity index (χ1n) is 6.29. The zero-order valence-corrected chi connectivity index (χ0v) is 12.6. The van der Waals surface area contributed by atoms with Crippen molar-refractivity contribution in [2.75, 3.05) is 13.7 Å². The summed E-state index contributed by atoms with van der Waals surface area (Å²) in [6.07, 6.45) is 0.935. The fourth-order valence-corrected chi connectivity index (χ4v) is 2.24. The summed E-state index contributed by atoms with van der Waals surface area (Å²) in [7, 11) is 1.72. The number of ether oxygens (including phenoxy) is 1. The molecule has 0 amide bonds. The van der Waals surface area contributed by atoms with Gasteiger partial charge in [-0.3, -0.25) is 0 Å². The summed E-state index contributed by atoms with van der Waals surface area (Å²) >= 11 is 3.43. The molecule has 0 aliphatic heterocycles. The van der Waals surface area contributed by atoms with Crippen molar-refractivity contribution in [1.82, 2.24) is 0 Å². The molecule has 0 aromatic heterocycles. The molecule has 2 N–H and O–H groups in total. The average Bonchev–Trinajstić information content (AvgIpc) is 2.46. The van der Waals surface area contributed by atoms with E-state index in [2.05, 4.69) is 40.2 Å². The monoisotopic (exact) mass is 319 g/mol. The highest BCUT2D eigenvalue weighted by molar-refractivity contribution is 9.10. The molecule has 0 saturated carbocycles. The predicted octanol–water partition coefficient (Wildman–Crippen LogP) is 3.69. The van der Waals surface area contributed by atoms with Crippen molar-refractivity contribution in [2.24, 2.45) is 5.73 Å². The molecule has 2 nitrogen and oxygen atoms in total. The Morgan fingerprint density at radius 3 is 2.05 bits per heavy atom. The molecule has 0 saturated heterocycles. The molecule has 0 aliphatic rings. The Kier molecular flexibility index (Phi) is 5.14. The summed E-state index contributed by atoms with van der Waals surface area (Å²) in [6, 6.07) is 16.5. The van der Waals surface area contributed by atoms with Crippen molar-refractivity contribution in [3.05, 3.63) is 69.7 Å². The normalized spacial score (nSPS) is 12.4. The number of benzene rings is 2. The first-order chi connectivity index (χ1) is 9.20. The van der Waals surface area contributed by atoms with Crippen LogP contribution in [0, 0.1) is 0 Å². The van der Waals surface area contributed by atoms with Gasteiger partial charge in [0, 0.05) is 11.6 Å². The van der Waals surface area contributed by atoms with E-state index in [4.69, 9.17) is 10.5 Å². The SMILES string of the molecule is COCCc1ccc(C(N)c2ccc(Br)cc2)cc1. The van der Waals surface area contributed by atoms with Crippen LogP contribution in [0.4, 0.5) is 0 Å². The Labute approximate surface area is 122 Å². The summed E-state index contributed by atoms with van der Waals surface area (Å²) < 4.78 is 6.14. The van der Waals surface area contributed by atoms with Crippen LogP contribution < -0.4 is 5.73 Å². The fourth-order valence-electron chi connectivity index (χ4n) is 1.97. The van der Waals surface area contributed by atoms with Crippen molar-refractivity contribution in [3.63, 3.8) is 0 Å². The van der Waals surface area contributed by atoms with Gasteiger partial charge in [-0.1, -0.05) is 52.3 Å². The molecule has 0 aliphatic carbocycles. The third kappa shape index (κ3) is 3.90. The Bertz CT molecular complexity index is 507. The van der Waals surface area contributed by atoms with Crippen LogP contribution in [0.15, 0.2) is 53.0 Å². The van der Waals surface area contributed by atoms with Crippen LogP contribution >= 0.6 is 15.9 Å². The minimum atomic E-state index is -0.0791. The van der Waals surface area contributed by atoms with Crippen LogP contribution in [0.5, 0.6) is 0 Å². The molecule has 19 heavy (non-hydrogen) atoms. The average molecular weight is 320 g/mol. The number of rotatable bonds is 5. The van der Waals surface area contributed by atoms with Gasteiger partial charge in [-0.05, 0) is 35.2 Å². The zero-order valence-electron chi connectivity index (χ0n) is 11.0. The van der Waals surface area contributed by atoms with Crippen LogP contribution in [0.1, 0.15) is 22.7 Å². The molecule has 0 spiro atoms. The second-order valence-corrected chi connectivity index (χ2v) is 5.43. The predicted molar refractivity (Wildman–Crippen MR) is 82.2 cm³/mol. The van der Waals surface area contributed by atoms with Crippen molar-refractivity contribution < 1.29 is 4.74 Å².